The van der Waals surface area contributed by atoms with Gasteiger partial charge in [0.2, 0.25) is 11.1 Å². The lowest BCUT2D eigenvalue weighted by Gasteiger charge is -2.40. The smallest absolute Gasteiger partial charge is 0.251 e. The molecule has 1 aromatic heterocycles. The third kappa shape index (κ3) is 5.10. The van der Waals surface area contributed by atoms with Gasteiger partial charge in [-0.25, -0.2) is 0 Å². The van der Waals surface area contributed by atoms with E-state index in [-0.39, 0.29) is 11.4 Å². The van der Waals surface area contributed by atoms with Crippen molar-refractivity contribution in [2.45, 2.75) is 51.0 Å². The van der Waals surface area contributed by atoms with Gasteiger partial charge in [-0.1, -0.05) is 0 Å². The molecule has 5 rings (SSSR count). The Kier molecular flexibility index (Phi) is 6.20. The van der Waals surface area contributed by atoms with Gasteiger partial charge < -0.3 is 20.0 Å². The van der Waals surface area contributed by atoms with E-state index in [1.807, 2.05) is 31.1 Å². The molecule has 1 amide bonds. The van der Waals surface area contributed by atoms with Crippen LogP contribution in [0.15, 0.2) is 24.3 Å². The van der Waals surface area contributed by atoms with Crippen LogP contribution in [0.5, 0.6) is 0 Å². The number of carbonyl (C=O) groups excluding carboxylic acids is 1. The number of aromatic nitrogens is 2. The predicted molar refractivity (Wildman–Crippen MR) is 136 cm³/mol. The van der Waals surface area contributed by atoms with E-state index in [2.05, 4.69) is 43.5 Å². The molecule has 0 atom stereocenters. The lowest BCUT2D eigenvalue weighted by molar-refractivity contribution is 0.0935. The molecule has 178 valence electrons. The summed E-state index contributed by atoms with van der Waals surface area (Å²) in [5.41, 5.74) is 2.03. The highest BCUT2D eigenvalue weighted by atomic mass is 32.1. The number of nitrogens with zero attached hydrogens (tertiary/aromatic N) is 5. The third-order valence-corrected chi connectivity index (χ3v) is 8.50. The normalized spacial score (nSPS) is 21.2. The van der Waals surface area contributed by atoms with Gasteiger partial charge in [-0.3, -0.25) is 4.79 Å². The number of amides is 1. The highest BCUT2D eigenvalue weighted by Crippen LogP contribution is 2.36. The molecule has 1 N–H and O–H groups in total. The standard InChI is InChI=1S/C25H36N6OS/c1-25(12-13-25)27-22(32)20-4-6-21(7-5-20)30-14-8-18(9-15-30)19-10-16-31(17-11-19)24-26-23(28-33-24)29(2)3/h4-7,18-19H,8-17H2,1-3H3,(H,27,32). The molecule has 3 heterocycles. The van der Waals surface area contributed by atoms with Crippen molar-refractivity contribution in [1.29, 1.82) is 0 Å². The fourth-order valence-electron chi connectivity index (χ4n) is 5.19. The Morgan fingerprint density at radius 3 is 2.09 bits per heavy atom. The molecule has 8 heteroatoms. The van der Waals surface area contributed by atoms with Crippen molar-refractivity contribution in [3.05, 3.63) is 29.8 Å². The molecule has 0 spiro atoms. The maximum absolute atomic E-state index is 12.4. The maximum atomic E-state index is 12.4. The first-order valence-electron chi connectivity index (χ1n) is 12.3. The zero-order chi connectivity index (χ0) is 23.0. The van der Waals surface area contributed by atoms with Crippen molar-refractivity contribution in [3.63, 3.8) is 0 Å². The van der Waals surface area contributed by atoms with E-state index in [1.165, 1.54) is 42.9 Å². The molecule has 0 bridgehead atoms. The fourth-order valence-corrected chi connectivity index (χ4v) is 5.98. The van der Waals surface area contributed by atoms with Gasteiger partial charge in [0.25, 0.3) is 5.91 Å². The molecule has 0 radical (unpaired) electrons. The molecule has 1 saturated carbocycles. The Hall–Kier alpha value is -2.35. The monoisotopic (exact) mass is 468 g/mol. The molecule has 1 aromatic carbocycles. The minimum absolute atomic E-state index is 0.0279. The Morgan fingerprint density at radius 1 is 1.00 bits per heavy atom. The van der Waals surface area contributed by atoms with Gasteiger partial charge in [0.1, 0.15) is 0 Å². The number of hydrogen-bond acceptors (Lipinski definition) is 7. The Balaban J connectivity index is 1.09. The summed E-state index contributed by atoms with van der Waals surface area (Å²) in [5, 5.41) is 4.21. The number of hydrogen-bond donors (Lipinski definition) is 1. The van der Waals surface area contributed by atoms with Crippen molar-refractivity contribution >= 4 is 34.2 Å². The van der Waals surface area contributed by atoms with Crippen molar-refractivity contribution in [2.24, 2.45) is 11.8 Å². The van der Waals surface area contributed by atoms with Gasteiger partial charge in [0.05, 0.1) is 0 Å². The summed E-state index contributed by atoms with van der Waals surface area (Å²) in [6, 6.07) is 8.20. The topological polar surface area (TPSA) is 64.6 Å². The van der Waals surface area contributed by atoms with Crippen molar-refractivity contribution in [2.75, 3.05) is 55.0 Å². The van der Waals surface area contributed by atoms with Crippen LogP contribution in [0, 0.1) is 11.8 Å². The van der Waals surface area contributed by atoms with Crippen molar-refractivity contribution in [1.82, 2.24) is 14.7 Å². The van der Waals surface area contributed by atoms with Crippen LogP contribution in [0.25, 0.3) is 0 Å². The molecule has 3 aliphatic rings. The molecular weight excluding hydrogens is 432 g/mol. The molecule has 3 fully saturated rings. The van der Waals surface area contributed by atoms with Crippen LogP contribution in [-0.4, -0.2) is 61.1 Å². The van der Waals surface area contributed by atoms with E-state index in [0.717, 1.165) is 67.5 Å². The van der Waals surface area contributed by atoms with Gasteiger partial charge in [-0.2, -0.15) is 9.36 Å². The number of benzene rings is 1. The van der Waals surface area contributed by atoms with Crippen LogP contribution < -0.4 is 20.0 Å². The number of anilines is 3. The van der Waals surface area contributed by atoms with E-state index >= 15 is 0 Å². The van der Waals surface area contributed by atoms with Crippen LogP contribution in [0.4, 0.5) is 16.8 Å². The van der Waals surface area contributed by atoms with Crippen molar-refractivity contribution < 1.29 is 4.79 Å². The summed E-state index contributed by atoms with van der Waals surface area (Å²) in [4.78, 5) is 24.0. The molecule has 1 aliphatic carbocycles. The molecular formula is C25H36N6OS. The quantitative estimate of drug-likeness (QED) is 0.691. The minimum atomic E-state index is 0.0279. The zero-order valence-corrected chi connectivity index (χ0v) is 20.9. The minimum Gasteiger partial charge on any atom is -0.372 e. The first kappa shape index (κ1) is 22.4. The lowest BCUT2D eigenvalue weighted by Crippen LogP contribution is -2.41. The molecule has 7 nitrogen and oxygen atoms in total. The molecule has 0 unspecified atom stereocenters. The highest BCUT2D eigenvalue weighted by molar-refractivity contribution is 7.09. The molecule has 2 aromatic rings. The summed E-state index contributed by atoms with van der Waals surface area (Å²) in [6.07, 6.45) is 7.20. The molecule has 2 saturated heterocycles. The summed E-state index contributed by atoms with van der Waals surface area (Å²) < 4.78 is 4.46. The van der Waals surface area contributed by atoms with E-state index in [9.17, 15) is 4.79 Å². The van der Waals surface area contributed by atoms with Gasteiger partial charge in [-0.05, 0) is 81.5 Å². The van der Waals surface area contributed by atoms with Crippen molar-refractivity contribution in [3.8, 4) is 0 Å². The second kappa shape index (κ2) is 9.12. The number of rotatable bonds is 6. The first-order valence-corrected chi connectivity index (χ1v) is 13.1. The second-order valence-electron chi connectivity index (χ2n) is 10.5. The first-order chi connectivity index (χ1) is 15.9. The van der Waals surface area contributed by atoms with Gasteiger partial charge in [0.15, 0.2) is 0 Å². The molecule has 33 heavy (non-hydrogen) atoms. The van der Waals surface area contributed by atoms with E-state index in [1.54, 1.807) is 0 Å². The summed E-state index contributed by atoms with van der Waals surface area (Å²) in [5.74, 6) is 2.51. The Labute approximate surface area is 201 Å². The highest BCUT2D eigenvalue weighted by Gasteiger charge is 2.38. The zero-order valence-electron chi connectivity index (χ0n) is 20.1. The van der Waals surface area contributed by atoms with Crippen LogP contribution in [0.1, 0.15) is 55.8 Å². The van der Waals surface area contributed by atoms with Gasteiger partial charge in [0, 0.05) is 68.6 Å². The average Bonchev–Trinajstić information content (AvgIpc) is 3.34. The van der Waals surface area contributed by atoms with Crippen LogP contribution in [0.3, 0.4) is 0 Å². The summed E-state index contributed by atoms with van der Waals surface area (Å²) in [7, 11) is 3.98. The number of piperidine rings is 2. The third-order valence-electron chi connectivity index (χ3n) is 7.73. The Bertz CT molecular complexity index is 954. The number of carbonyl (C=O) groups is 1. The van der Waals surface area contributed by atoms with Gasteiger partial charge in [-0.15, -0.1) is 0 Å². The van der Waals surface area contributed by atoms with E-state index in [0.29, 0.717) is 0 Å². The largest absolute Gasteiger partial charge is 0.372 e. The maximum Gasteiger partial charge on any atom is 0.251 e. The lowest BCUT2D eigenvalue weighted by atomic mass is 9.79. The predicted octanol–water partition coefficient (Wildman–Crippen LogP) is 4.02. The second-order valence-corrected chi connectivity index (χ2v) is 11.2. The SMILES string of the molecule is CN(C)c1nsc(N2CCC(C3CCN(c4ccc(C(=O)NC5(C)CC5)cc4)CC3)CC2)n1. The van der Waals surface area contributed by atoms with E-state index < -0.39 is 0 Å². The fraction of sp³-hybridized carbons (Fsp3) is 0.640. The summed E-state index contributed by atoms with van der Waals surface area (Å²) >= 11 is 1.52. The van der Waals surface area contributed by atoms with E-state index in [4.69, 9.17) is 0 Å². The van der Waals surface area contributed by atoms with Crippen LogP contribution >= 0.6 is 11.5 Å². The van der Waals surface area contributed by atoms with Gasteiger partial charge >= 0.3 is 0 Å². The van der Waals surface area contributed by atoms with Crippen LogP contribution in [-0.2, 0) is 0 Å². The average molecular weight is 469 g/mol. The summed E-state index contributed by atoms with van der Waals surface area (Å²) in [6.45, 7) is 6.52. The van der Waals surface area contributed by atoms with Crippen LogP contribution in [0.2, 0.25) is 0 Å². The number of nitrogens with one attached hydrogen (secondary N) is 1. The molecule has 2 aliphatic heterocycles. The Morgan fingerprint density at radius 2 is 1.58 bits per heavy atom.